The predicted molar refractivity (Wildman–Crippen MR) is 122 cm³/mol. The van der Waals surface area contributed by atoms with Crippen LogP contribution in [-0.4, -0.2) is 47.3 Å². The van der Waals surface area contributed by atoms with Gasteiger partial charge in [0.15, 0.2) is 11.6 Å². The highest BCUT2D eigenvalue weighted by Gasteiger charge is 2.45. The van der Waals surface area contributed by atoms with Crippen LogP contribution >= 0.6 is 0 Å². The van der Waals surface area contributed by atoms with Crippen molar-refractivity contribution < 1.29 is 14.2 Å². The van der Waals surface area contributed by atoms with Crippen LogP contribution in [0.3, 0.4) is 0 Å². The van der Waals surface area contributed by atoms with Crippen LogP contribution in [0.1, 0.15) is 57.0 Å². The summed E-state index contributed by atoms with van der Waals surface area (Å²) in [7, 11) is 1.70. The molecule has 0 amide bonds. The van der Waals surface area contributed by atoms with E-state index in [2.05, 4.69) is 50.1 Å². The standard InChI is InChI=1S/C24H34N4O3/c1-15-10-16(14-29-5)11-19-21(15)27-22(26-19)20(28-23(2,3)4)12-18(25)17-6-7-24(13-17)30-8-9-31-24/h10-12,17,25,28H,6-9,13-14H2,1-5H3,(H,26,27)/b20-12-,25-18?. The highest BCUT2D eigenvalue weighted by molar-refractivity contribution is 6.00. The molecule has 1 unspecified atom stereocenters. The largest absolute Gasteiger partial charge is 0.380 e. The third-order valence-electron chi connectivity index (χ3n) is 5.91. The minimum Gasteiger partial charge on any atom is -0.380 e. The fourth-order valence-corrected chi connectivity index (χ4v) is 4.58. The number of methoxy groups -OCH3 is 1. The van der Waals surface area contributed by atoms with Gasteiger partial charge in [0.1, 0.15) is 0 Å². The van der Waals surface area contributed by atoms with Gasteiger partial charge in [-0.1, -0.05) is 6.07 Å². The number of H-pyrrole nitrogens is 1. The summed E-state index contributed by atoms with van der Waals surface area (Å²) in [4.78, 5) is 8.34. The SMILES string of the molecule is COCc1cc(C)c2[nH]c(/C(=C/C(=N)C3CCC4(C3)OCCO4)NC(C)(C)C)nc2c1. The van der Waals surface area contributed by atoms with Crippen LogP contribution < -0.4 is 5.32 Å². The topological polar surface area (TPSA) is 92.3 Å². The molecule has 2 fully saturated rings. The van der Waals surface area contributed by atoms with Crippen molar-refractivity contribution >= 4 is 22.4 Å². The molecule has 2 aromatic rings. The van der Waals surface area contributed by atoms with E-state index in [1.54, 1.807) is 7.11 Å². The molecule has 1 aliphatic heterocycles. The van der Waals surface area contributed by atoms with Gasteiger partial charge in [-0.15, -0.1) is 0 Å². The van der Waals surface area contributed by atoms with Gasteiger partial charge in [-0.2, -0.15) is 0 Å². The Morgan fingerprint density at radius 1 is 1.35 bits per heavy atom. The predicted octanol–water partition coefficient (Wildman–Crippen LogP) is 4.31. The summed E-state index contributed by atoms with van der Waals surface area (Å²) in [6.45, 7) is 10.3. The normalized spacial score (nSPS) is 21.3. The van der Waals surface area contributed by atoms with Crippen LogP contribution in [0.25, 0.3) is 16.7 Å². The summed E-state index contributed by atoms with van der Waals surface area (Å²) < 4.78 is 17.0. The number of aromatic amines is 1. The van der Waals surface area contributed by atoms with E-state index in [1.807, 2.05) is 6.08 Å². The van der Waals surface area contributed by atoms with Gasteiger partial charge in [-0.25, -0.2) is 4.98 Å². The van der Waals surface area contributed by atoms with Crippen molar-refractivity contribution in [3.8, 4) is 0 Å². The zero-order valence-electron chi connectivity index (χ0n) is 19.2. The second kappa shape index (κ2) is 8.37. The highest BCUT2D eigenvalue weighted by Crippen LogP contribution is 2.41. The molecule has 1 aromatic heterocycles. The quantitative estimate of drug-likeness (QED) is 0.599. The number of imidazole rings is 1. The lowest BCUT2D eigenvalue weighted by Crippen LogP contribution is -2.35. The Bertz CT molecular complexity index is 996. The van der Waals surface area contributed by atoms with Crippen LogP contribution in [0.5, 0.6) is 0 Å². The van der Waals surface area contributed by atoms with Crippen molar-refractivity contribution in [2.45, 2.75) is 64.9 Å². The molecule has 1 saturated carbocycles. The van der Waals surface area contributed by atoms with E-state index in [9.17, 15) is 0 Å². The Balaban J connectivity index is 1.65. The third kappa shape index (κ3) is 4.84. The van der Waals surface area contributed by atoms with Crippen LogP contribution in [0.4, 0.5) is 0 Å². The molecule has 168 valence electrons. The van der Waals surface area contributed by atoms with Crippen LogP contribution in [0, 0.1) is 18.3 Å². The van der Waals surface area contributed by atoms with E-state index >= 15 is 0 Å². The Hall–Kier alpha value is -2.22. The number of rotatable bonds is 6. The Morgan fingerprint density at radius 2 is 2.10 bits per heavy atom. The number of nitrogens with zero attached hydrogens (tertiary/aromatic N) is 1. The minimum absolute atomic E-state index is 0.120. The van der Waals surface area contributed by atoms with Crippen molar-refractivity contribution in [1.82, 2.24) is 15.3 Å². The molecule has 0 radical (unpaired) electrons. The number of aromatic nitrogens is 2. The average Bonchev–Trinajstić information content (AvgIpc) is 3.41. The highest BCUT2D eigenvalue weighted by atomic mass is 16.7. The molecular formula is C24H34N4O3. The Labute approximate surface area is 184 Å². The number of allylic oxidation sites excluding steroid dienone is 1. The van der Waals surface area contributed by atoms with Crippen molar-refractivity contribution in [2.24, 2.45) is 5.92 Å². The maximum Gasteiger partial charge on any atom is 0.169 e. The molecule has 31 heavy (non-hydrogen) atoms. The molecule has 2 aliphatic rings. The number of ether oxygens (including phenoxy) is 3. The maximum atomic E-state index is 8.80. The van der Waals surface area contributed by atoms with Crippen LogP contribution in [0.15, 0.2) is 18.2 Å². The van der Waals surface area contributed by atoms with Gasteiger partial charge in [-0.3, -0.25) is 0 Å². The van der Waals surface area contributed by atoms with Crippen LogP contribution in [-0.2, 0) is 20.8 Å². The summed E-state index contributed by atoms with van der Waals surface area (Å²) in [5.74, 6) is 0.388. The Morgan fingerprint density at radius 3 is 2.77 bits per heavy atom. The monoisotopic (exact) mass is 426 g/mol. The van der Waals surface area contributed by atoms with Gasteiger partial charge in [0, 0.05) is 37.1 Å². The lowest BCUT2D eigenvalue weighted by molar-refractivity contribution is -0.151. The fraction of sp³-hybridized carbons (Fsp3) is 0.583. The van der Waals surface area contributed by atoms with E-state index < -0.39 is 5.79 Å². The molecule has 1 saturated heterocycles. The fourth-order valence-electron chi connectivity index (χ4n) is 4.58. The first-order valence-electron chi connectivity index (χ1n) is 11.0. The number of aryl methyl sites for hydroxylation is 1. The first kappa shape index (κ1) is 22.0. The van der Waals surface area contributed by atoms with Crippen molar-refractivity contribution in [3.05, 3.63) is 35.2 Å². The van der Waals surface area contributed by atoms with Crippen molar-refractivity contribution in [1.29, 1.82) is 5.41 Å². The minimum atomic E-state index is -0.476. The van der Waals surface area contributed by atoms with Gasteiger partial charge in [-0.05, 0) is 57.4 Å². The summed E-state index contributed by atoms with van der Waals surface area (Å²) >= 11 is 0. The van der Waals surface area contributed by atoms with Gasteiger partial charge in [0.05, 0.1) is 36.6 Å². The van der Waals surface area contributed by atoms with E-state index in [1.165, 1.54) is 0 Å². The van der Waals surface area contributed by atoms with Crippen molar-refractivity contribution in [2.75, 3.05) is 20.3 Å². The van der Waals surface area contributed by atoms with Gasteiger partial charge >= 0.3 is 0 Å². The summed E-state index contributed by atoms with van der Waals surface area (Å²) in [6.07, 6.45) is 4.41. The molecule has 3 N–H and O–H groups in total. The lowest BCUT2D eigenvalue weighted by Gasteiger charge is -2.24. The number of benzene rings is 1. The molecule has 4 rings (SSSR count). The van der Waals surface area contributed by atoms with E-state index in [0.717, 1.165) is 52.9 Å². The molecule has 7 heteroatoms. The zero-order valence-corrected chi connectivity index (χ0v) is 19.2. The lowest BCUT2D eigenvalue weighted by atomic mass is 9.99. The smallest absolute Gasteiger partial charge is 0.169 e. The van der Waals surface area contributed by atoms with Gasteiger partial charge in [0.2, 0.25) is 0 Å². The molecular weight excluding hydrogens is 392 g/mol. The first-order valence-corrected chi connectivity index (χ1v) is 11.0. The molecule has 1 spiro atoms. The number of fused-ring (bicyclic) bond motifs is 1. The maximum absolute atomic E-state index is 8.80. The number of hydrogen-bond donors (Lipinski definition) is 3. The first-order chi connectivity index (χ1) is 14.7. The molecule has 7 nitrogen and oxygen atoms in total. The van der Waals surface area contributed by atoms with E-state index in [4.69, 9.17) is 24.6 Å². The summed E-state index contributed by atoms with van der Waals surface area (Å²) in [5, 5.41) is 12.3. The van der Waals surface area contributed by atoms with Gasteiger partial charge in [0.25, 0.3) is 0 Å². The Kier molecular flexibility index (Phi) is 5.94. The molecule has 2 heterocycles. The second-order valence-electron chi connectivity index (χ2n) is 9.76. The second-order valence-corrected chi connectivity index (χ2v) is 9.76. The number of nitrogens with one attached hydrogen (secondary N) is 3. The summed E-state index contributed by atoms with van der Waals surface area (Å²) in [6, 6.07) is 4.18. The van der Waals surface area contributed by atoms with Crippen LogP contribution in [0.2, 0.25) is 0 Å². The molecule has 1 aliphatic carbocycles. The van der Waals surface area contributed by atoms with E-state index in [-0.39, 0.29) is 11.5 Å². The summed E-state index contributed by atoms with van der Waals surface area (Å²) in [5.41, 5.74) is 5.38. The average molecular weight is 427 g/mol. The molecule has 1 aromatic carbocycles. The third-order valence-corrected chi connectivity index (χ3v) is 5.91. The zero-order chi connectivity index (χ0) is 22.2. The number of hydrogen-bond acceptors (Lipinski definition) is 6. The van der Waals surface area contributed by atoms with Crippen molar-refractivity contribution in [3.63, 3.8) is 0 Å². The molecule has 0 bridgehead atoms. The van der Waals surface area contributed by atoms with Gasteiger partial charge < -0.3 is 29.9 Å². The van der Waals surface area contributed by atoms with E-state index in [0.29, 0.717) is 25.5 Å². The molecule has 1 atom stereocenters.